The Morgan fingerprint density at radius 2 is 2.92 bits per heavy atom. The number of likely N-dealkylation sites (tertiary alicyclic amines) is 1. The molecule has 2 heteroatoms. The molecule has 0 spiro atoms. The third-order valence-corrected chi connectivity index (χ3v) is 1.88. The molecule has 1 aromatic rings. The van der Waals surface area contributed by atoms with Crippen LogP contribution in [0.2, 0.25) is 0 Å². The molecule has 0 aromatic carbocycles. The summed E-state index contributed by atoms with van der Waals surface area (Å²) < 4.78 is 61.5. The van der Waals surface area contributed by atoms with Gasteiger partial charge in [0, 0.05) is 22.5 Å². The molecule has 64 valence electrons. The summed E-state index contributed by atoms with van der Waals surface area (Å²) in [4.78, 5) is 4.49. The van der Waals surface area contributed by atoms with Crippen LogP contribution >= 0.6 is 0 Å². The molecule has 2 rings (SSSR count). The third-order valence-electron chi connectivity index (χ3n) is 1.88. The highest BCUT2D eigenvalue weighted by atomic mass is 15.1. The van der Waals surface area contributed by atoms with Gasteiger partial charge in [-0.25, -0.2) is 0 Å². The number of nitrogens with zero attached hydrogens (tertiary/aromatic N) is 2. The highest BCUT2D eigenvalue weighted by Gasteiger charge is 2.21. The lowest BCUT2D eigenvalue weighted by Gasteiger charge is -2.18. The zero-order valence-corrected chi connectivity index (χ0v) is 6.52. The van der Waals surface area contributed by atoms with Gasteiger partial charge in [0.2, 0.25) is 0 Å². The summed E-state index contributed by atoms with van der Waals surface area (Å²) in [6.07, 6.45) is -0.369. The molecule has 0 aliphatic carbocycles. The van der Waals surface area contributed by atoms with Gasteiger partial charge in [-0.05, 0) is 38.0 Å². The number of hydrogen-bond acceptors (Lipinski definition) is 2. The monoisotopic (exact) mass is 170 g/mol. The number of hydrogen-bond donors (Lipinski definition) is 0. The van der Waals surface area contributed by atoms with E-state index in [1.54, 1.807) is 0 Å². The lowest BCUT2D eigenvalue weighted by molar-refractivity contribution is 0.317. The van der Waals surface area contributed by atoms with Crippen molar-refractivity contribution in [3.63, 3.8) is 0 Å². The standard InChI is InChI=1S/C10H14N2/c1-12-7-3-5-10(12)9-4-2-6-11-8-9/h2,4,6,8,10H,3,5,7H2,1H3/t10-/m0/s1/i1D3,2D,4D,6D,8D,10D. The first kappa shape index (κ1) is 2.81. The second-order valence-corrected chi connectivity index (χ2v) is 2.66. The zero-order valence-electron chi connectivity index (χ0n) is 14.5. The minimum atomic E-state index is -2.51. The second kappa shape index (κ2) is 3.23. The quantitative estimate of drug-likeness (QED) is 0.639. The molecule has 2 heterocycles. The van der Waals surface area contributed by atoms with E-state index in [1.807, 2.05) is 0 Å². The van der Waals surface area contributed by atoms with Gasteiger partial charge in [-0.15, -0.1) is 0 Å². The van der Waals surface area contributed by atoms with Crippen LogP contribution in [-0.4, -0.2) is 23.4 Å². The largest absolute Gasteiger partial charge is 0.299 e. The van der Waals surface area contributed by atoms with E-state index in [2.05, 4.69) is 4.98 Å². The molecule has 1 aliphatic rings. The lowest BCUT2D eigenvalue weighted by Crippen LogP contribution is -2.17. The third kappa shape index (κ3) is 1.34. The molecule has 0 saturated carbocycles. The van der Waals surface area contributed by atoms with Gasteiger partial charge < -0.3 is 0 Å². The van der Waals surface area contributed by atoms with Crippen molar-refractivity contribution in [2.75, 3.05) is 13.5 Å². The molecule has 2 nitrogen and oxygen atoms in total. The van der Waals surface area contributed by atoms with Crippen molar-refractivity contribution < 1.29 is 11.0 Å². The van der Waals surface area contributed by atoms with Crippen molar-refractivity contribution >= 4 is 0 Å². The fourth-order valence-corrected chi connectivity index (χ4v) is 1.30. The van der Waals surface area contributed by atoms with E-state index in [1.165, 1.54) is 0 Å². The Labute approximate surface area is 84.5 Å². The van der Waals surface area contributed by atoms with Crippen molar-refractivity contribution in [1.82, 2.24) is 9.88 Å². The first-order valence-electron chi connectivity index (χ1n) is 7.81. The van der Waals surface area contributed by atoms with Crippen molar-refractivity contribution in [2.45, 2.75) is 18.9 Å². The number of aromatic nitrogens is 1. The van der Waals surface area contributed by atoms with Crippen LogP contribution in [0.5, 0.6) is 0 Å². The summed E-state index contributed by atoms with van der Waals surface area (Å²) in [5.41, 5.74) is -0.202. The summed E-state index contributed by atoms with van der Waals surface area (Å²) in [5.74, 6) is 0. The average Bonchev–Trinajstić information content (AvgIpc) is 2.68. The lowest BCUT2D eigenvalue weighted by atomic mass is 10.1. The summed E-state index contributed by atoms with van der Waals surface area (Å²) >= 11 is 0. The molecular formula is C10H14N2. The van der Waals surface area contributed by atoms with Crippen LogP contribution in [0.3, 0.4) is 0 Å². The van der Waals surface area contributed by atoms with Crippen LogP contribution in [0.15, 0.2) is 24.4 Å². The minimum absolute atomic E-state index is 0.154. The van der Waals surface area contributed by atoms with Crippen LogP contribution in [0, 0.1) is 0 Å². The summed E-state index contributed by atoms with van der Waals surface area (Å²) in [6, 6.07) is -2.71. The van der Waals surface area contributed by atoms with Crippen molar-refractivity contribution in [2.24, 2.45) is 0 Å². The SMILES string of the molecule is [2H]c1nc([2H])c([C@]2([2H])CCCN2C([2H])([2H])[2H])c([2H])c1[2H]. The average molecular weight is 170 g/mol. The van der Waals surface area contributed by atoms with E-state index in [-0.39, 0.29) is 18.5 Å². The van der Waals surface area contributed by atoms with E-state index >= 15 is 0 Å². The summed E-state index contributed by atoms with van der Waals surface area (Å²) in [6.45, 7) is -2.35. The number of pyridine rings is 1. The molecule has 1 fully saturated rings. The van der Waals surface area contributed by atoms with E-state index in [9.17, 15) is 0 Å². The zero-order chi connectivity index (χ0) is 15.3. The predicted molar refractivity (Wildman–Crippen MR) is 48.8 cm³/mol. The predicted octanol–water partition coefficient (Wildman–Crippen LogP) is 1.85. The molecule has 1 aliphatic heterocycles. The first-order chi connectivity index (χ1) is 9.09. The highest BCUT2D eigenvalue weighted by molar-refractivity contribution is 5.14. The molecular weight excluding hydrogens is 148 g/mol. The molecule has 0 N–H and O–H groups in total. The highest BCUT2D eigenvalue weighted by Crippen LogP contribution is 2.29. The van der Waals surface area contributed by atoms with E-state index < -0.39 is 37.4 Å². The topological polar surface area (TPSA) is 16.1 Å². The van der Waals surface area contributed by atoms with Gasteiger partial charge in [-0.3, -0.25) is 9.88 Å². The van der Waals surface area contributed by atoms with Crippen LogP contribution in [0.25, 0.3) is 0 Å². The van der Waals surface area contributed by atoms with Gasteiger partial charge in [0.05, 0.1) is 6.85 Å². The molecule has 1 aromatic heterocycles. The van der Waals surface area contributed by atoms with Crippen molar-refractivity contribution in [1.29, 1.82) is 0 Å². The molecule has 0 amide bonds. The van der Waals surface area contributed by atoms with Gasteiger partial charge in [0.15, 0.2) is 0 Å². The number of rotatable bonds is 1. The smallest absolute Gasteiger partial charge is 0.0843 e. The second-order valence-electron chi connectivity index (χ2n) is 2.66. The summed E-state index contributed by atoms with van der Waals surface area (Å²) in [7, 11) is 0. The molecule has 0 radical (unpaired) electrons. The normalized spacial score (nSPS) is 41.3. The van der Waals surface area contributed by atoms with Crippen LogP contribution in [0.4, 0.5) is 0 Å². The Kier molecular flexibility index (Phi) is 0.756. The van der Waals surface area contributed by atoms with Gasteiger partial charge in [-0.2, -0.15) is 0 Å². The Morgan fingerprint density at radius 1 is 1.92 bits per heavy atom. The fraction of sp³-hybridized carbons (Fsp3) is 0.500. The van der Waals surface area contributed by atoms with Gasteiger partial charge in [0.25, 0.3) is 0 Å². The van der Waals surface area contributed by atoms with Gasteiger partial charge in [0.1, 0.15) is 0 Å². The first-order valence-corrected chi connectivity index (χ1v) is 3.81. The Morgan fingerprint density at radius 3 is 3.83 bits per heavy atom. The minimum Gasteiger partial charge on any atom is -0.299 e. The molecule has 12 heavy (non-hydrogen) atoms. The van der Waals surface area contributed by atoms with E-state index in [0.717, 1.165) is 4.90 Å². The van der Waals surface area contributed by atoms with Crippen molar-refractivity contribution in [3.05, 3.63) is 30.0 Å². The molecule has 0 bridgehead atoms. The maximum Gasteiger partial charge on any atom is 0.0843 e. The fourth-order valence-electron chi connectivity index (χ4n) is 1.30. The van der Waals surface area contributed by atoms with Crippen LogP contribution in [0.1, 0.15) is 35.4 Å². The molecule has 1 atom stereocenters. The maximum absolute atomic E-state index is 8.42. The Hall–Kier alpha value is -0.890. The van der Waals surface area contributed by atoms with E-state index in [0.29, 0.717) is 6.42 Å². The van der Waals surface area contributed by atoms with Gasteiger partial charge >= 0.3 is 0 Å². The van der Waals surface area contributed by atoms with E-state index in [4.69, 9.17) is 11.0 Å². The maximum atomic E-state index is 8.42. The summed E-state index contributed by atoms with van der Waals surface area (Å²) in [5, 5.41) is 0. The van der Waals surface area contributed by atoms with Crippen LogP contribution in [-0.2, 0) is 0 Å². The Bertz CT molecular complexity index is 543. The molecule has 1 saturated heterocycles. The van der Waals surface area contributed by atoms with Gasteiger partial charge in [-0.1, -0.05) is 6.04 Å². The van der Waals surface area contributed by atoms with Crippen LogP contribution < -0.4 is 0 Å². The Balaban J connectivity index is 2.64. The van der Waals surface area contributed by atoms with Crippen molar-refractivity contribution in [3.8, 4) is 0 Å². The molecule has 0 unspecified atom stereocenters.